The predicted molar refractivity (Wildman–Crippen MR) is 58.2 cm³/mol. The topological polar surface area (TPSA) is 56.9 Å². The molecular weight excluding hydrogens is 208 g/mol. The van der Waals surface area contributed by atoms with Gasteiger partial charge in [0, 0.05) is 10.9 Å². The maximum Gasteiger partial charge on any atom is 0.119 e. The van der Waals surface area contributed by atoms with E-state index in [4.69, 9.17) is 10.4 Å². The molecule has 4 heteroatoms. The number of rotatable bonds is 2. The summed E-state index contributed by atoms with van der Waals surface area (Å²) >= 11 is 1.43. The summed E-state index contributed by atoms with van der Waals surface area (Å²) in [6.07, 6.45) is 0. The van der Waals surface area contributed by atoms with Crippen LogP contribution in [0.1, 0.15) is 10.6 Å². The average molecular weight is 216 g/mol. The summed E-state index contributed by atoms with van der Waals surface area (Å²) in [6.45, 7) is -0.0268. The van der Waals surface area contributed by atoms with E-state index in [2.05, 4.69) is 11.1 Å². The Bertz CT molecular complexity index is 496. The number of aliphatic hydroxyl groups is 1. The molecule has 0 fully saturated rings. The lowest BCUT2D eigenvalue weighted by Gasteiger charge is -1.95. The van der Waals surface area contributed by atoms with Gasteiger partial charge in [-0.05, 0) is 12.1 Å². The summed E-state index contributed by atoms with van der Waals surface area (Å²) < 4.78 is 0. The normalized spacial score (nSPS) is 9.87. The Balaban J connectivity index is 2.33. The number of hydrogen-bond donors (Lipinski definition) is 1. The summed E-state index contributed by atoms with van der Waals surface area (Å²) in [6, 6.07) is 9.29. The van der Waals surface area contributed by atoms with E-state index in [1.54, 1.807) is 12.1 Å². The summed E-state index contributed by atoms with van der Waals surface area (Å²) in [5.41, 5.74) is 2.44. The lowest BCUT2D eigenvalue weighted by molar-refractivity contribution is 0.281. The van der Waals surface area contributed by atoms with Gasteiger partial charge in [0.05, 0.1) is 23.9 Å². The zero-order valence-corrected chi connectivity index (χ0v) is 8.66. The van der Waals surface area contributed by atoms with Gasteiger partial charge in [-0.3, -0.25) is 0 Å². The molecule has 1 aromatic heterocycles. The van der Waals surface area contributed by atoms with Crippen molar-refractivity contribution in [1.82, 2.24) is 4.98 Å². The van der Waals surface area contributed by atoms with E-state index < -0.39 is 0 Å². The van der Waals surface area contributed by atoms with E-state index in [0.29, 0.717) is 10.6 Å². The lowest BCUT2D eigenvalue weighted by Crippen LogP contribution is -1.82. The maximum atomic E-state index is 8.88. The zero-order chi connectivity index (χ0) is 10.7. The minimum absolute atomic E-state index is 0.0268. The van der Waals surface area contributed by atoms with Crippen molar-refractivity contribution < 1.29 is 5.11 Å². The number of aromatic nitrogens is 1. The van der Waals surface area contributed by atoms with E-state index in [-0.39, 0.29) is 6.61 Å². The van der Waals surface area contributed by atoms with Crippen LogP contribution in [0.2, 0.25) is 0 Å². The summed E-state index contributed by atoms with van der Waals surface area (Å²) in [4.78, 5) is 4.24. The molecule has 0 aliphatic carbocycles. The number of nitrogens with zero attached hydrogens (tertiary/aromatic N) is 2. The van der Waals surface area contributed by atoms with Gasteiger partial charge >= 0.3 is 0 Å². The Morgan fingerprint density at radius 1 is 1.33 bits per heavy atom. The van der Waals surface area contributed by atoms with Crippen LogP contribution in [0.25, 0.3) is 11.3 Å². The van der Waals surface area contributed by atoms with Crippen LogP contribution in [0.5, 0.6) is 0 Å². The molecule has 0 aliphatic heterocycles. The average Bonchev–Trinajstić information content (AvgIpc) is 2.78. The Labute approximate surface area is 91.3 Å². The highest BCUT2D eigenvalue weighted by Gasteiger charge is 2.03. The molecular formula is C11H8N2OS. The molecule has 0 spiro atoms. The number of aliphatic hydroxyl groups excluding tert-OH is 1. The fourth-order valence-corrected chi connectivity index (χ4v) is 1.89. The molecule has 0 atom stereocenters. The van der Waals surface area contributed by atoms with Crippen LogP contribution >= 0.6 is 11.3 Å². The third-order valence-electron chi connectivity index (χ3n) is 2.00. The smallest absolute Gasteiger partial charge is 0.119 e. The second-order valence-corrected chi connectivity index (χ2v) is 3.92. The monoisotopic (exact) mass is 216 g/mol. The zero-order valence-electron chi connectivity index (χ0n) is 7.84. The van der Waals surface area contributed by atoms with Crippen molar-refractivity contribution in [1.29, 1.82) is 5.26 Å². The van der Waals surface area contributed by atoms with Gasteiger partial charge < -0.3 is 5.11 Å². The molecule has 0 unspecified atom stereocenters. The van der Waals surface area contributed by atoms with Crippen molar-refractivity contribution in [3.63, 3.8) is 0 Å². The van der Waals surface area contributed by atoms with Crippen molar-refractivity contribution in [3.8, 4) is 17.3 Å². The van der Waals surface area contributed by atoms with Gasteiger partial charge in [0.2, 0.25) is 0 Å². The van der Waals surface area contributed by atoms with E-state index in [1.807, 2.05) is 17.5 Å². The summed E-state index contributed by atoms with van der Waals surface area (Å²) in [5.74, 6) is 0. The van der Waals surface area contributed by atoms with Crippen LogP contribution < -0.4 is 0 Å². The molecule has 3 nitrogen and oxygen atoms in total. The number of nitriles is 1. The molecule has 0 amide bonds. The summed E-state index contributed by atoms with van der Waals surface area (Å²) in [7, 11) is 0. The Morgan fingerprint density at radius 2 is 2.07 bits per heavy atom. The van der Waals surface area contributed by atoms with E-state index in [1.165, 1.54) is 11.3 Å². The molecule has 74 valence electrons. The van der Waals surface area contributed by atoms with Crippen molar-refractivity contribution in [2.24, 2.45) is 0 Å². The van der Waals surface area contributed by atoms with Crippen LogP contribution in [0.3, 0.4) is 0 Å². The molecule has 1 aromatic carbocycles. The minimum atomic E-state index is -0.0268. The molecule has 1 N–H and O–H groups in total. The van der Waals surface area contributed by atoms with Crippen LogP contribution in [0.15, 0.2) is 29.6 Å². The minimum Gasteiger partial charge on any atom is -0.389 e. The van der Waals surface area contributed by atoms with Crippen LogP contribution in [0.4, 0.5) is 0 Å². The van der Waals surface area contributed by atoms with Crippen molar-refractivity contribution in [2.45, 2.75) is 6.61 Å². The second-order valence-electron chi connectivity index (χ2n) is 2.97. The first kappa shape index (κ1) is 9.84. The Morgan fingerprint density at radius 3 is 2.60 bits per heavy atom. The lowest BCUT2D eigenvalue weighted by atomic mass is 10.1. The Hall–Kier alpha value is -1.70. The molecule has 0 radical (unpaired) electrons. The first-order valence-electron chi connectivity index (χ1n) is 4.39. The molecule has 2 aromatic rings. The van der Waals surface area contributed by atoms with Gasteiger partial charge in [-0.25, -0.2) is 4.98 Å². The largest absolute Gasteiger partial charge is 0.389 e. The third kappa shape index (κ3) is 2.04. The first-order valence-corrected chi connectivity index (χ1v) is 5.27. The highest BCUT2D eigenvalue weighted by Crippen LogP contribution is 2.22. The quantitative estimate of drug-likeness (QED) is 0.837. The van der Waals surface area contributed by atoms with Crippen molar-refractivity contribution >= 4 is 11.3 Å². The Kier molecular flexibility index (Phi) is 2.77. The molecule has 2 rings (SSSR count). The van der Waals surface area contributed by atoms with E-state index >= 15 is 0 Å². The number of benzene rings is 1. The van der Waals surface area contributed by atoms with Crippen LogP contribution in [-0.2, 0) is 6.61 Å². The van der Waals surface area contributed by atoms with Gasteiger partial charge in [0.15, 0.2) is 0 Å². The molecule has 1 heterocycles. The maximum absolute atomic E-state index is 8.88. The highest BCUT2D eigenvalue weighted by molar-refractivity contribution is 7.09. The molecule has 0 saturated heterocycles. The second kappa shape index (κ2) is 4.22. The summed E-state index contributed by atoms with van der Waals surface area (Å²) in [5, 5.41) is 20.1. The fourth-order valence-electron chi connectivity index (χ4n) is 1.23. The number of thiazole rings is 1. The first-order chi connectivity index (χ1) is 7.33. The van der Waals surface area contributed by atoms with Gasteiger partial charge in [-0.2, -0.15) is 5.26 Å². The van der Waals surface area contributed by atoms with Gasteiger partial charge in [-0.15, -0.1) is 11.3 Å². The fraction of sp³-hybridized carbons (Fsp3) is 0.0909. The molecule has 15 heavy (non-hydrogen) atoms. The van der Waals surface area contributed by atoms with Gasteiger partial charge in [-0.1, -0.05) is 12.1 Å². The van der Waals surface area contributed by atoms with Gasteiger partial charge in [0.1, 0.15) is 5.01 Å². The van der Waals surface area contributed by atoms with Crippen molar-refractivity contribution in [3.05, 3.63) is 40.2 Å². The predicted octanol–water partition coefficient (Wildman–Crippen LogP) is 2.17. The molecule has 0 aliphatic rings. The highest BCUT2D eigenvalue weighted by atomic mass is 32.1. The SMILES string of the molecule is N#Cc1ccc(-c2csc(CO)n2)cc1. The van der Waals surface area contributed by atoms with Gasteiger partial charge in [0.25, 0.3) is 0 Å². The number of hydrogen-bond acceptors (Lipinski definition) is 4. The van der Waals surface area contributed by atoms with Crippen LogP contribution in [-0.4, -0.2) is 10.1 Å². The third-order valence-corrected chi connectivity index (χ3v) is 2.83. The van der Waals surface area contributed by atoms with E-state index in [9.17, 15) is 0 Å². The van der Waals surface area contributed by atoms with Crippen LogP contribution in [0, 0.1) is 11.3 Å². The molecule has 0 saturated carbocycles. The standard InChI is InChI=1S/C11H8N2OS/c12-5-8-1-3-9(4-2-8)10-7-15-11(6-14)13-10/h1-4,7,14H,6H2. The van der Waals surface area contributed by atoms with E-state index in [0.717, 1.165) is 11.3 Å². The molecule has 0 bridgehead atoms. The van der Waals surface area contributed by atoms with Crippen molar-refractivity contribution in [2.75, 3.05) is 0 Å².